The summed E-state index contributed by atoms with van der Waals surface area (Å²) in [6.45, 7) is 4.45. The summed E-state index contributed by atoms with van der Waals surface area (Å²) >= 11 is 0. The third-order valence-electron chi connectivity index (χ3n) is 5.71. The maximum Gasteiger partial charge on any atom is 0.142 e. The van der Waals surface area contributed by atoms with E-state index in [9.17, 15) is 0 Å². The van der Waals surface area contributed by atoms with Crippen LogP contribution in [0.15, 0.2) is 48.9 Å². The number of rotatable bonds is 3. The van der Waals surface area contributed by atoms with Gasteiger partial charge < -0.3 is 9.88 Å². The number of H-pyrrole nitrogens is 1. The van der Waals surface area contributed by atoms with E-state index in [4.69, 9.17) is 0 Å². The van der Waals surface area contributed by atoms with Gasteiger partial charge in [-0.1, -0.05) is 30.3 Å². The van der Waals surface area contributed by atoms with Crippen molar-refractivity contribution in [1.82, 2.24) is 19.9 Å². The summed E-state index contributed by atoms with van der Waals surface area (Å²) < 4.78 is 0. The lowest BCUT2D eigenvalue weighted by molar-refractivity contribution is 0.313. The first-order valence-electron chi connectivity index (χ1n) is 9.19. The number of anilines is 1. The molecule has 2 aromatic heterocycles. The fourth-order valence-electron chi connectivity index (χ4n) is 4.59. The van der Waals surface area contributed by atoms with E-state index in [0.29, 0.717) is 6.04 Å². The van der Waals surface area contributed by atoms with Crippen LogP contribution in [-0.2, 0) is 6.54 Å². The molecule has 0 unspecified atom stereocenters. The first-order chi connectivity index (χ1) is 12.4. The van der Waals surface area contributed by atoms with Crippen LogP contribution in [0.4, 0.5) is 5.82 Å². The summed E-state index contributed by atoms with van der Waals surface area (Å²) in [5, 5.41) is 1.14. The smallest absolute Gasteiger partial charge is 0.142 e. The summed E-state index contributed by atoms with van der Waals surface area (Å²) in [6, 6.07) is 13.5. The molecule has 1 N–H and O–H groups in total. The molecule has 0 aliphatic carbocycles. The highest BCUT2D eigenvalue weighted by Crippen LogP contribution is 2.35. The predicted octanol–water partition coefficient (Wildman–Crippen LogP) is 3.06. The zero-order valence-corrected chi connectivity index (χ0v) is 14.3. The zero-order chi connectivity index (χ0) is 16.6. The van der Waals surface area contributed by atoms with Gasteiger partial charge in [-0.25, -0.2) is 9.97 Å². The lowest BCUT2D eigenvalue weighted by Gasteiger charge is -2.38. The number of piperidine rings is 1. The van der Waals surface area contributed by atoms with Gasteiger partial charge in [0, 0.05) is 38.4 Å². The van der Waals surface area contributed by atoms with E-state index in [0.717, 1.165) is 42.4 Å². The van der Waals surface area contributed by atoms with Crippen molar-refractivity contribution in [1.29, 1.82) is 0 Å². The molecule has 2 atom stereocenters. The monoisotopic (exact) mass is 333 g/mol. The second-order valence-electron chi connectivity index (χ2n) is 7.28. The van der Waals surface area contributed by atoms with Gasteiger partial charge in [0.05, 0.1) is 5.39 Å². The number of nitrogens with one attached hydrogen (secondary N) is 1. The molecule has 0 amide bonds. The lowest BCUT2D eigenvalue weighted by Crippen LogP contribution is -2.45. The fraction of sp³-hybridized carbons (Fsp3) is 0.400. The Hall–Kier alpha value is -2.40. The van der Waals surface area contributed by atoms with Gasteiger partial charge in [0.1, 0.15) is 17.8 Å². The Balaban J connectivity index is 1.41. The molecule has 25 heavy (non-hydrogen) atoms. The Morgan fingerprint density at radius 3 is 2.92 bits per heavy atom. The quantitative estimate of drug-likeness (QED) is 0.800. The molecule has 1 aromatic carbocycles. The van der Waals surface area contributed by atoms with Crippen LogP contribution in [0.1, 0.15) is 18.4 Å². The number of hydrogen-bond donors (Lipinski definition) is 1. The summed E-state index contributed by atoms with van der Waals surface area (Å²) in [6.07, 6.45) is 6.22. The van der Waals surface area contributed by atoms with Crippen LogP contribution in [0, 0.1) is 5.92 Å². The summed E-state index contributed by atoms with van der Waals surface area (Å²) in [4.78, 5) is 17.4. The standard InChI is InChI=1S/C20H23N5/c1-2-5-15(6-3-1)11-24-12-16-7-4-10-25(18(16)13-24)20-17-8-9-21-19(17)22-14-23-20/h1-3,5-6,8-9,14,16,18H,4,7,10-13H2,(H,21,22,23)/t16-,18+/m1/s1. The SMILES string of the molecule is c1ccc(CN2C[C@H]3CCCN(c4ncnc5[nH]ccc45)[C@H]3C2)cc1. The summed E-state index contributed by atoms with van der Waals surface area (Å²) in [7, 11) is 0. The van der Waals surface area contributed by atoms with Gasteiger partial charge in [-0.2, -0.15) is 0 Å². The molecule has 0 bridgehead atoms. The lowest BCUT2D eigenvalue weighted by atomic mass is 9.92. The first kappa shape index (κ1) is 14.9. The number of aromatic amines is 1. The second kappa shape index (κ2) is 6.15. The van der Waals surface area contributed by atoms with Crippen LogP contribution in [0.5, 0.6) is 0 Å². The van der Waals surface area contributed by atoms with Crippen LogP contribution < -0.4 is 4.90 Å². The van der Waals surface area contributed by atoms with Gasteiger partial charge in [-0.05, 0) is 30.4 Å². The maximum atomic E-state index is 4.65. The molecular formula is C20H23N5. The van der Waals surface area contributed by atoms with Gasteiger partial charge in [-0.3, -0.25) is 4.90 Å². The van der Waals surface area contributed by atoms with E-state index in [-0.39, 0.29) is 0 Å². The van der Waals surface area contributed by atoms with Crippen molar-refractivity contribution < 1.29 is 0 Å². The van der Waals surface area contributed by atoms with Gasteiger partial charge in [-0.15, -0.1) is 0 Å². The number of benzene rings is 1. The van der Waals surface area contributed by atoms with E-state index in [2.05, 4.69) is 61.1 Å². The van der Waals surface area contributed by atoms with Gasteiger partial charge >= 0.3 is 0 Å². The van der Waals surface area contributed by atoms with Gasteiger partial charge in [0.2, 0.25) is 0 Å². The van der Waals surface area contributed by atoms with E-state index in [1.54, 1.807) is 6.33 Å². The molecular weight excluding hydrogens is 310 g/mol. The normalized spacial score (nSPS) is 23.9. The number of nitrogens with zero attached hydrogens (tertiary/aromatic N) is 4. The molecule has 128 valence electrons. The predicted molar refractivity (Wildman–Crippen MR) is 99.5 cm³/mol. The Morgan fingerprint density at radius 1 is 1.08 bits per heavy atom. The van der Waals surface area contributed by atoms with Crippen molar-refractivity contribution in [2.24, 2.45) is 5.92 Å². The molecule has 3 aromatic rings. The second-order valence-corrected chi connectivity index (χ2v) is 7.28. The molecule has 5 rings (SSSR count). The molecule has 0 saturated carbocycles. The van der Waals surface area contributed by atoms with Crippen LogP contribution in [0.3, 0.4) is 0 Å². The highest BCUT2D eigenvalue weighted by atomic mass is 15.3. The highest BCUT2D eigenvalue weighted by Gasteiger charge is 2.39. The van der Waals surface area contributed by atoms with Crippen LogP contribution in [-0.4, -0.2) is 45.5 Å². The van der Waals surface area contributed by atoms with Crippen molar-refractivity contribution in [2.45, 2.75) is 25.4 Å². The average molecular weight is 333 g/mol. The molecule has 0 spiro atoms. The number of likely N-dealkylation sites (tertiary alicyclic amines) is 1. The molecule has 5 heteroatoms. The minimum atomic E-state index is 0.561. The van der Waals surface area contributed by atoms with Crippen molar-refractivity contribution >= 4 is 16.9 Å². The average Bonchev–Trinajstić information content (AvgIpc) is 3.28. The molecule has 0 radical (unpaired) electrons. The molecule has 2 saturated heterocycles. The first-order valence-corrected chi connectivity index (χ1v) is 9.19. The fourth-order valence-corrected chi connectivity index (χ4v) is 4.59. The number of fused-ring (bicyclic) bond motifs is 2. The van der Waals surface area contributed by atoms with Gasteiger partial charge in [0.15, 0.2) is 0 Å². The Labute approximate surface area is 147 Å². The zero-order valence-electron chi connectivity index (χ0n) is 14.3. The van der Waals surface area contributed by atoms with Crippen molar-refractivity contribution in [3.63, 3.8) is 0 Å². The molecule has 4 heterocycles. The van der Waals surface area contributed by atoms with E-state index < -0.39 is 0 Å². The topological polar surface area (TPSA) is 48.1 Å². The largest absolute Gasteiger partial charge is 0.351 e. The molecule has 2 fully saturated rings. The van der Waals surface area contributed by atoms with Gasteiger partial charge in [0.25, 0.3) is 0 Å². The third kappa shape index (κ3) is 2.68. The van der Waals surface area contributed by atoms with Crippen LogP contribution in [0.2, 0.25) is 0 Å². The molecule has 2 aliphatic rings. The minimum Gasteiger partial charge on any atom is -0.351 e. The minimum absolute atomic E-state index is 0.561. The van der Waals surface area contributed by atoms with Crippen LogP contribution in [0.25, 0.3) is 11.0 Å². The Kier molecular flexibility index (Phi) is 3.67. The number of aromatic nitrogens is 3. The van der Waals surface area contributed by atoms with Crippen LogP contribution >= 0.6 is 0 Å². The van der Waals surface area contributed by atoms with E-state index >= 15 is 0 Å². The summed E-state index contributed by atoms with van der Waals surface area (Å²) in [5.74, 6) is 1.84. The summed E-state index contributed by atoms with van der Waals surface area (Å²) in [5.41, 5.74) is 2.34. The maximum absolute atomic E-state index is 4.65. The van der Waals surface area contributed by atoms with E-state index in [1.807, 2.05) is 6.20 Å². The van der Waals surface area contributed by atoms with Crippen molar-refractivity contribution in [3.05, 3.63) is 54.5 Å². The Bertz CT molecular complexity index is 859. The molecule has 2 aliphatic heterocycles. The van der Waals surface area contributed by atoms with E-state index in [1.165, 1.54) is 24.9 Å². The highest BCUT2D eigenvalue weighted by molar-refractivity contribution is 5.87. The van der Waals surface area contributed by atoms with Crippen molar-refractivity contribution in [2.75, 3.05) is 24.5 Å². The van der Waals surface area contributed by atoms with Crippen molar-refractivity contribution in [3.8, 4) is 0 Å². The Morgan fingerprint density at radius 2 is 2.00 bits per heavy atom. The third-order valence-corrected chi connectivity index (χ3v) is 5.71. The number of hydrogen-bond acceptors (Lipinski definition) is 4. The molecule has 5 nitrogen and oxygen atoms in total.